The lowest BCUT2D eigenvalue weighted by Crippen LogP contribution is -2.44. The zero-order valence-electron chi connectivity index (χ0n) is 17.1. The summed E-state index contributed by atoms with van der Waals surface area (Å²) in [5.74, 6) is 1.77. The summed E-state index contributed by atoms with van der Waals surface area (Å²) in [6.07, 6.45) is 3.57. The van der Waals surface area contributed by atoms with Crippen LogP contribution < -0.4 is 9.80 Å². The first-order valence-corrected chi connectivity index (χ1v) is 10.3. The molecule has 3 aromatic rings. The maximum atomic E-state index is 5.52. The molecule has 0 aliphatic carbocycles. The lowest BCUT2D eigenvalue weighted by Gasteiger charge is -2.33. The van der Waals surface area contributed by atoms with Crippen molar-refractivity contribution in [1.29, 1.82) is 0 Å². The van der Waals surface area contributed by atoms with E-state index in [1.807, 2.05) is 16.9 Å². The average molecular weight is 393 g/mol. The molecule has 1 aromatic carbocycles. The predicted molar refractivity (Wildman–Crippen MR) is 114 cm³/mol. The predicted octanol–water partition coefficient (Wildman–Crippen LogP) is 1.71. The van der Waals surface area contributed by atoms with Gasteiger partial charge in [0.15, 0.2) is 5.82 Å². The van der Waals surface area contributed by atoms with Crippen LogP contribution >= 0.6 is 0 Å². The topological polar surface area (TPSA) is 62.6 Å². The molecule has 8 nitrogen and oxygen atoms in total. The summed E-state index contributed by atoms with van der Waals surface area (Å²) in [4.78, 5) is 16.1. The van der Waals surface area contributed by atoms with Crippen LogP contribution in [0.25, 0.3) is 16.7 Å². The Morgan fingerprint density at radius 2 is 1.62 bits per heavy atom. The first-order chi connectivity index (χ1) is 14.2. The molecule has 0 saturated carbocycles. The Bertz CT molecular complexity index is 1000. The average Bonchev–Trinajstić information content (AvgIpc) is 3.17. The molecular weight excluding hydrogens is 366 g/mol. The number of hydrogen-bond acceptors (Lipinski definition) is 7. The van der Waals surface area contributed by atoms with E-state index in [0.717, 1.165) is 75.0 Å². The van der Waals surface area contributed by atoms with Crippen LogP contribution in [0.15, 0.2) is 30.7 Å². The van der Waals surface area contributed by atoms with Crippen molar-refractivity contribution >= 4 is 22.4 Å². The number of morpholine rings is 1. The molecule has 0 amide bonds. The molecule has 0 N–H and O–H groups in total. The number of aromatic nitrogens is 4. The second-order valence-corrected chi connectivity index (χ2v) is 7.88. The summed E-state index contributed by atoms with van der Waals surface area (Å²) in [6.45, 7) is 9.60. The Hall–Kier alpha value is -2.71. The summed E-state index contributed by atoms with van der Waals surface area (Å²) in [7, 11) is 2.16. The number of fused-ring (bicyclic) bond motifs is 1. The molecule has 152 valence electrons. The van der Waals surface area contributed by atoms with Crippen molar-refractivity contribution in [3.8, 4) is 5.82 Å². The van der Waals surface area contributed by atoms with Gasteiger partial charge in [-0.25, -0.2) is 14.6 Å². The molecule has 2 aromatic heterocycles. The maximum absolute atomic E-state index is 5.52. The van der Waals surface area contributed by atoms with Crippen LogP contribution in [-0.4, -0.2) is 84.2 Å². The van der Waals surface area contributed by atoms with Crippen molar-refractivity contribution in [2.45, 2.75) is 6.92 Å². The highest BCUT2D eigenvalue weighted by molar-refractivity contribution is 5.85. The molecule has 5 rings (SSSR count). The zero-order chi connectivity index (χ0) is 19.8. The Morgan fingerprint density at radius 3 is 2.41 bits per heavy atom. The Kier molecular flexibility index (Phi) is 4.81. The molecule has 0 unspecified atom stereocenters. The van der Waals surface area contributed by atoms with Crippen molar-refractivity contribution in [3.05, 3.63) is 36.3 Å². The highest BCUT2D eigenvalue weighted by Crippen LogP contribution is 2.29. The van der Waals surface area contributed by atoms with Gasteiger partial charge in [-0.2, -0.15) is 5.10 Å². The van der Waals surface area contributed by atoms with Gasteiger partial charge < -0.3 is 19.4 Å². The normalized spacial score (nSPS) is 18.6. The van der Waals surface area contributed by atoms with Gasteiger partial charge in [-0.3, -0.25) is 0 Å². The number of hydrogen-bond donors (Lipinski definition) is 0. The van der Waals surface area contributed by atoms with E-state index in [1.54, 1.807) is 6.33 Å². The highest BCUT2D eigenvalue weighted by atomic mass is 16.5. The number of likely N-dealkylation sites (N-methyl/N-ethyl adjacent to an activating group) is 1. The Balaban J connectivity index is 1.51. The minimum Gasteiger partial charge on any atom is -0.378 e. The number of ether oxygens (including phenoxy) is 1. The van der Waals surface area contributed by atoms with Crippen LogP contribution in [0.1, 0.15) is 5.56 Å². The Morgan fingerprint density at radius 1 is 0.862 bits per heavy atom. The van der Waals surface area contributed by atoms with E-state index in [2.05, 4.69) is 55.9 Å². The first-order valence-electron chi connectivity index (χ1n) is 10.3. The van der Waals surface area contributed by atoms with Crippen molar-refractivity contribution < 1.29 is 4.74 Å². The van der Waals surface area contributed by atoms with Crippen molar-refractivity contribution in [2.75, 3.05) is 69.3 Å². The molecular formula is C21H27N7O. The van der Waals surface area contributed by atoms with Gasteiger partial charge in [0.1, 0.15) is 12.1 Å². The van der Waals surface area contributed by atoms with E-state index in [-0.39, 0.29) is 0 Å². The quantitative estimate of drug-likeness (QED) is 0.671. The number of piperazine rings is 1. The van der Waals surface area contributed by atoms with Crippen molar-refractivity contribution in [3.63, 3.8) is 0 Å². The van der Waals surface area contributed by atoms with Crippen molar-refractivity contribution in [2.24, 2.45) is 0 Å². The molecule has 0 atom stereocenters. The van der Waals surface area contributed by atoms with Crippen LogP contribution in [0.4, 0.5) is 11.5 Å². The molecule has 2 fully saturated rings. The number of nitrogens with zero attached hydrogens (tertiary/aromatic N) is 7. The van der Waals surface area contributed by atoms with Crippen LogP contribution in [0.3, 0.4) is 0 Å². The second-order valence-electron chi connectivity index (χ2n) is 7.88. The summed E-state index contributed by atoms with van der Waals surface area (Å²) >= 11 is 0. The first kappa shape index (κ1) is 18.3. The number of aryl methyl sites for hydroxylation is 1. The second kappa shape index (κ2) is 7.61. The highest BCUT2D eigenvalue weighted by Gasteiger charge is 2.18. The van der Waals surface area contributed by atoms with E-state index in [1.165, 1.54) is 11.3 Å². The fourth-order valence-electron chi connectivity index (χ4n) is 4.17. The largest absolute Gasteiger partial charge is 0.378 e. The minimum absolute atomic E-state index is 0.775. The van der Waals surface area contributed by atoms with E-state index in [9.17, 15) is 0 Å². The van der Waals surface area contributed by atoms with Gasteiger partial charge >= 0.3 is 0 Å². The molecule has 0 bridgehead atoms. The third-order valence-corrected chi connectivity index (χ3v) is 5.92. The molecule has 4 heterocycles. The lowest BCUT2D eigenvalue weighted by molar-refractivity contribution is 0.122. The smallest absolute Gasteiger partial charge is 0.159 e. The van der Waals surface area contributed by atoms with Gasteiger partial charge in [0.2, 0.25) is 0 Å². The standard InChI is InChI=1S/C21H27N7O/c1-16-11-17-14-24-28(19(17)12-18(16)26-7-9-29-10-8-26)21-13-20(22-15-23-21)27-5-3-25(2)4-6-27/h11-15H,3-10H2,1-2H3. The van der Waals surface area contributed by atoms with Gasteiger partial charge in [0.25, 0.3) is 0 Å². The number of anilines is 2. The van der Waals surface area contributed by atoms with E-state index in [0.29, 0.717) is 0 Å². The van der Waals surface area contributed by atoms with Crippen LogP contribution in [0.5, 0.6) is 0 Å². The number of rotatable bonds is 3. The van der Waals surface area contributed by atoms with E-state index < -0.39 is 0 Å². The minimum atomic E-state index is 0.775. The lowest BCUT2D eigenvalue weighted by atomic mass is 10.1. The number of benzene rings is 1. The third-order valence-electron chi connectivity index (χ3n) is 5.92. The van der Waals surface area contributed by atoms with Gasteiger partial charge in [0, 0.05) is 56.4 Å². The zero-order valence-corrected chi connectivity index (χ0v) is 17.1. The molecule has 2 aliphatic heterocycles. The molecule has 0 spiro atoms. The fraction of sp³-hybridized carbons (Fsp3) is 0.476. The van der Waals surface area contributed by atoms with Crippen molar-refractivity contribution in [1.82, 2.24) is 24.6 Å². The van der Waals surface area contributed by atoms with Gasteiger partial charge in [-0.15, -0.1) is 0 Å². The molecule has 29 heavy (non-hydrogen) atoms. The van der Waals surface area contributed by atoms with E-state index >= 15 is 0 Å². The fourth-order valence-corrected chi connectivity index (χ4v) is 4.17. The summed E-state index contributed by atoms with van der Waals surface area (Å²) in [5.41, 5.74) is 3.58. The third kappa shape index (κ3) is 3.54. The summed E-state index contributed by atoms with van der Waals surface area (Å²) in [5, 5.41) is 5.77. The van der Waals surface area contributed by atoms with Gasteiger partial charge in [0.05, 0.1) is 24.9 Å². The maximum Gasteiger partial charge on any atom is 0.159 e. The SMILES string of the molecule is Cc1cc2cnn(-c3cc(N4CCN(C)CC4)ncn3)c2cc1N1CCOCC1. The van der Waals surface area contributed by atoms with Crippen LogP contribution in [0.2, 0.25) is 0 Å². The molecule has 8 heteroatoms. The molecule has 0 radical (unpaired) electrons. The van der Waals surface area contributed by atoms with E-state index in [4.69, 9.17) is 4.74 Å². The molecule has 2 aliphatic rings. The van der Waals surface area contributed by atoms with Gasteiger partial charge in [-0.05, 0) is 31.7 Å². The Labute approximate surface area is 170 Å². The van der Waals surface area contributed by atoms with Crippen LogP contribution in [-0.2, 0) is 4.74 Å². The molecule has 2 saturated heterocycles. The summed E-state index contributed by atoms with van der Waals surface area (Å²) < 4.78 is 7.45. The van der Waals surface area contributed by atoms with Gasteiger partial charge in [-0.1, -0.05) is 0 Å². The van der Waals surface area contributed by atoms with Crippen LogP contribution in [0, 0.1) is 6.92 Å². The monoisotopic (exact) mass is 393 g/mol. The summed E-state index contributed by atoms with van der Waals surface area (Å²) in [6, 6.07) is 6.50.